The smallest absolute Gasteiger partial charge is 0.271 e. The van der Waals surface area contributed by atoms with Crippen molar-refractivity contribution in [2.75, 3.05) is 38.5 Å². The van der Waals surface area contributed by atoms with Crippen LogP contribution in [0.1, 0.15) is 38.7 Å². The first kappa shape index (κ1) is 28.2. The third-order valence-electron chi connectivity index (χ3n) is 7.01. The molecule has 1 aliphatic heterocycles. The number of aliphatic hydroxyl groups excluding tert-OH is 2. The van der Waals surface area contributed by atoms with Gasteiger partial charge in [0.2, 0.25) is 6.10 Å². The number of likely N-dealkylation sites (N-methyl/N-ethyl adjacent to an activating group) is 1. The number of thiazole rings is 1. The van der Waals surface area contributed by atoms with Crippen LogP contribution in [0.3, 0.4) is 0 Å². The van der Waals surface area contributed by atoms with Crippen molar-refractivity contribution in [1.29, 1.82) is 5.26 Å². The number of hydrogen-bond acceptors (Lipinski definition) is 9. The summed E-state index contributed by atoms with van der Waals surface area (Å²) in [6.45, 7) is 2.49. The summed E-state index contributed by atoms with van der Waals surface area (Å²) >= 11 is 1.24. The van der Waals surface area contributed by atoms with Crippen molar-refractivity contribution in [3.05, 3.63) is 88.5 Å². The monoisotopic (exact) mass is 571 g/mol. The van der Waals surface area contributed by atoms with Gasteiger partial charge in [0.25, 0.3) is 11.8 Å². The van der Waals surface area contributed by atoms with Crippen LogP contribution in [0.15, 0.2) is 60.7 Å². The third kappa shape index (κ3) is 6.37. The highest BCUT2D eigenvalue weighted by Crippen LogP contribution is 2.31. The van der Waals surface area contributed by atoms with Gasteiger partial charge < -0.3 is 24.7 Å². The van der Waals surface area contributed by atoms with Crippen LogP contribution in [0.4, 0.5) is 5.13 Å². The first-order valence-corrected chi connectivity index (χ1v) is 13.9. The number of nitrogens with one attached hydrogen (secondary N) is 1. The van der Waals surface area contributed by atoms with Crippen LogP contribution in [0.25, 0.3) is 10.2 Å². The van der Waals surface area contributed by atoms with Crippen LogP contribution in [0.5, 0.6) is 5.75 Å². The molecule has 10 nitrogen and oxygen atoms in total. The summed E-state index contributed by atoms with van der Waals surface area (Å²) in [7, 11) is 2.03. The highest BCUT2D eigenvalue weighted by molar-refractivity contribution is 7.22. The maximum Gasteiger partial charge on any atom is 0.271 e. The summed E-state index contributed by atoms with van der Waals surface area (Å²) in [6.07, 6.45) is -1.08. The molecule has 2 amide bonds. The molecule has 4 aromatic rings. The fourth-order valence-electron chi connectivity index (χ4n) is 4.59. The zero-order valence-corrected chi connectivity index (χ0v) is 23.2. The Hall–Kier alpha value is -4.34. The minimum atomic E-state index is -1.08. The molecule has 1 aliphatic rings. The van der Waals surface area contributed by atoms with E-state index in [0.29, 0.717) is 57.3 Å². The Morgan fingerprint density at radius 3 is 2.32 bits per heavy atom. The topological polar surface area (TPSA) is 139 Å². The predicted molar refractivity (Wildman–Crippen MR) is 154 cm³/mol. The quantitative estimate of drug-likeness (QED) is 0.293. The van der Waals surface area contributed by atoms with E-state index < -0.39 is 12.0 Å². The van der Waals surface area contributed by atoms with Gasteiger partial charge in [-0.15, -0.1) is 0 Å². The molecule has 1 atom stereocenters. The lowest BCUT2D eigenvalue weighted by Gasteiger charge is -2.32. The summed E-state index contributed by atoms with van der Waals surface area (Å²) in [5.41, 5.74) is 3.27. The standard InChI is InChI=1S/C30H29N5O5S/c1-34-10-12-35(13-11-34)29(39)21-6-4-20(5-7-21)27(40-24-8-2-19(16-31)3-9-24)28(38)33-30-32-25-14-22(17-36)23(18-37)15-26(25)41-30/h2-9,14-15,27,36-37H,10-13,17-18H2,1H3,(H,32,33,38). The van der Waals surface area contributed by atoms with E-state index in [4.69, 9.17) is 10.00 Å². The molecule has 2 heterocycles. The average Bonchev–Trinajstić information content (AvgIpc) is 3.40. The van der Waals surface area contributed by atoms with Crippen molar-refractivity contribution in [3.63, 3.8) is 0 Å². The van der Waals surface area contributed by atoms with E-state index >= 15 is 0 Å². The number of hydrogen-bond donors (Lipinski definition) is 3. The van der Waals surface area contributed by atoms with Gasteiger partial charge in [-0.25, -0.2) is 4.98 Å². The lowest BCUT2D eigenvalue weighted by atomic mass is 10.0. The van der Waals surface area contributed by atoms with Gasteiger partial charge in [0.15, 0.2) is 5.13 Å². The minimum absolute atomic E-state index is 0.0577. The number of fused-ring (bicyclic) bond motifs is 1. The molecule has 11 heteroatoms. The van der Waals surface area contributed by atoms with Crippen molar-refractivity contribution < 1.29 is 24.5 Å². The zero-order valence-electron chi connectivity index (χ0n) is 22.4. The second kappa shape index (κ2) is 12.4. The second-order valence-electron chi connectivity index (χ2n) is 9.76. The summed E-state index contributed by atoms with van der Waals surface area (Å²) in [6, 6.07) is 18.7. The number of benzene rings is 3. The molecular weight excluding hydrogens is 542 g/mol. The largest absolute Gasteiger partial charge is 0.476 e. The summed E-state index contributed by atoms with van der Waals surface area (Å²) in [4.78, 5) is 35.1. The van der Waals surface area contributed by atoms with Gasteiger partial charge in [-0.2, -0.15) is 5.26 Å². The zero-order chi connectivity index (χ0) is 28.9. The van der Waals surface area contributed by atoms with E-state index in [-0.39, 0.29) is 19.1 Å². The minimum Gasteiger partial charge on any atom is -0.476 e. The number of carbonyl (C=O) groups is 2. The highest BCUT2D eigenvalue weighted by Gasteiger charge is 2.26. The Morgan fingerprint density at radius 2 is 1.68 bits per heavy atom. The van der Waals surface area contributed by atoms with E-state index in [9.17, 15) is 19.8 Å². The van der Waals surface area contributed by atoms with Crippen LogP contribution < -0.4 is 10.1 Å². The number of ether oxygens (including phenoxy) is 1. The maximum absolute atomic E-state index is 13.6. The van der Waals surface area contributed by atoms with Gasteiger partial charge in [-0.1, -0.05) is 23.5 Å². The lowest BCUT2D eigenvalue weighted by molar-refractivity contribution is -0.123. The molecular formula is C30H29N5O5S. The van der Waals surface area contributed by atoms with Crippen LogP contribution in [0, 0.1) is 11.3 Å². The normalized spacial score (nSPS) is 14.4. The molecule has 41 heavy (non-hydrogen) atoms. The van der Waals surface area contributed by atoms with Gasteiger partial charge >= 0.3 is 0 Å². The number of aliphatic hydroxyl groups is 2. The van der Waals surface area contributed by atoms with E-state index in [2.05, 4.69) is 21.3 Å². The molecule has 1 fully saturated rings. The fourth-order valence-corrected chi connectivity index (χ4v) is 5.50. The summed E-state index contributed by atoms with van der Waals surface area (Å²) in [5.74, 6) is -0.139. The lowest BCUT2D eigenvalue weighted by Crippen LogP contribution is -2.47. The van der Waals surface area contributed by atoms with E-state index in [0.717, 1.165) is 17.8 Å². The Morgan fingerprint density at radius 1 is 1.02 bits per heavy atom. The Balaban J connectivity index is 1.40. The van der Waals surface area contributed by atoms with Crippen LogP contribution in [-0.2, 0) is 18.0 Å². The molecule has 0 saturated carbocycles. The molecule has 1 saturated heterocycles. The number of piperazine rings is 1. The van der Waals surface area contributed by atoms with Crippen molar-refractivity contribution in [3.8, 4) is 11.8 Å². The Bertz CT molecular complexity index is 1550. The molecule has 1 aromatic heterocycles. The highest BCUT2D eigenvalue weighted by atomic mass is 32.1. The van der Waals surface area contributed by atoms with Crippen molar-refractivity contribution >= 4 is 38.5 Å². The number of anilines is 1. The van der Waals surface area contributed by atoms with Gasteiger partial charge in [0.05, 0.1) is 35.1 Å². The number of nitrogens with zero attached hydrogens (tertiary/aromatic N) is 4. The van der Waals surface area contributed by atoms with E-state index in [1.54, 1.807) is 60.7 Å². The third-order valence-corrected chi connectivity index (χ3v) is 7.94. The maximum atomic E-state index is 13.6. The Kier molecular flexibility index (Phi) is 8.56. The Labute approximate surface area is 241 Å². The predicted octanol–water partition coefficient (Wildman–Crippen LogP) is 3.30. The van der Waals surface area contributed by atoms with Crippen molar-refractivity contribution in [1.82, 2.24) is 14.8 Å². The first-order chi connectivity index (χ1) is 19.9. The molecule has 3 N–H and O–H groups in total. The van der Waals surface area contributed by atoms with Crippen molar-refractivity contribution in [2.45, 2.75) is 19.3 Å². The number of amides is 2. The molecule has 210 valence electrons. The molecule has 0 spiro atoms. The first-order valence-electron chi connectivity index (χ1n) is 13.1. The molecule has 0 bridgehead atoms. The van der Waals surface area contributed by atoms with E-state index in [1.807, 2.05) is 11.9 Å². The second-order valence-corrected chi connectivity index (χ2v) is 10.8. The number of carbonyl (C=O) groups excluding carboxylic acids is 2. The van der Waals surface area contributed by atoms with Gasteiger partial charge in [0.1, 0.15) is 5.75 Å². The van der Waals surface area contributed by atoms with Crippen LogP contribution >= 0.6 is 11.3 Å². The van der Waals surface area contributed by atoms with Crippen LogP contribution in [-0.4, -0.2) is 70.0 Å². The summed E-state index contributed by atoms with van der Waals surface area (Å²) in [5, 5.41) is 31.5. The van der Waals surface area contributed by atoms with Crippen LogP contribution in [0.2, 0.25) is 0 Å². The molecule has 3 aromatic carbocycles. The summed E-state index contributed by atoms with van der Waals surface area (Å²) < 4.78 is 6.85. The number of rotatable bonds is 8. The van der Waals surface area contributed by atoms with E-state index in [1.165, 1.54) is 11.3 Å². The molecule has 0 aliphatic carbocycles. The number of aromatic nitrogens is 1. The van der Waals surface area contributed by atoms with Crippen molar-refractivity contribution in [2.24, 2.45) is 0 Å². The van der Waals surface area contributed by atoms with Gasteiger partial charge in [0, 0.05) is 37.3 Å². The number of nitriles is 1. The van der Waals surface area contributed by atoms with Gasteiger partial charge in [-0.3, -0.25) is 14.9 Å². The van der Waals surface area contributed by atoms with Gasteiger partial charge in [-0.05, 0) is 66.7 Å². The average molecular weight is 572 g/mol. The fraction of sp³-hybridized carbons (Fsp3) is 0.267. The molecule has 5 rings (SSSR count). The molecule has 1 unspecified atom stereocenters. The SMILES string of the molecule is CN1CCN(C(=O)c2ccc(C(Oc3ccc(C#N)cc3)C(=O)Nc3nc4cc(CO)c(CO)cc4s3)cc2)CC1. The molecule has 0 radical (unpaired) electrons.